The predicted molar refractivity (Wildman–Crippen MR) is 138 cm³/mol. The molecular weight excluding hydrogens is 522 g/mol. The second-order valence-corrected chi connectivity index (χ2v) is 11.6. The minimum Gasteiger partial charge on any atom is -0.339 e. The summed E-state index contributed by atoms with van der Waals surface area (Å²) in [6.07, 6.45) is 0.249. The first-order valence-electron chi connectivity index (χ1n) is 11.2. The fourth-order valence-corrected chi connectivity index (χ4v) is 6.07. The number of nitrogens with one attached hydrogen (secondary N) is 1. The van der Waals surface area contributed by atoms with Crippen molar-refractivity contribution in [1.29, 1.82) is 0 Å². The van der Waals surface area contributed by atoms with E-state index >= 15 is 0 Å². The minimum atomic E-state index is -4.28. The van der Waals surface area contributed by atoms with Gasteiger partial charge in [0.2, 0.25) is 21.1 Å². The predicted octanol–water partition coefficient (Wildman–Crippen LogP) is 2.84. The van der Waals surface area contributed by atoms with Crippen LogP contribution in [0.25, 0.3) is 0 Å². The number of hydrogen-bond acceptors (Lipinski definition) is 6. The highest BCUT2D eigenvalue weighted by Crippen LogP contribution is 2.21. The highest BCUT2D eigenvalue weighted by Gasteiger charge is 2.39. The molecule has 0 spiro atoms. The molecule has 1 unspecified atom stereocenters. The maximum atomic E-state index is 13.5. The van der Waals surface area contributed by atoms with Gasteiger partial charge in [0.1, 0.15) is 0 Å². The average molecular weight is 546 g/mol. The molecule has 1 aromatic heterocycles. The second-order valence-electron chi connectivity index (χ2n) is 8.20. The Hall–Kier alpha value is -3.21. The van der Waals surface area contributed by atoms with Crippen molar-refractivity contribution in [3.05, 3.63) is 87.6 Å². The number of sulfone groups is 1. The Morgan fingerprint density at radius 2 is 1.53 bits per heavy atom. The lowest BCUT2D eigenvalue weighted by Gasteiger charge is -2.36. The molecule has 1 fully saturated rings. The van der Waals surface area contributed by atoms with Crippen molar-refractivity contribution in [2.75, 3.05) is 26.2 Å². The van der Waals surface area contributed by atoms with Crippen LogP contribution in [-0.2, 0) is 25.8 Å². The molecule has 1 aliphatic rings. The van der Waals surface area contributed by atoms with Crippen molar-refractivity contribution in [2.24, 2.45) is 0 Å². The normalized spacial score (nSPS) is 14.8. The molecule has 1 N–H and O–H groups in total. The molecule has 8 nitrogen and oxygen atoms in total. The van der Waals surface area contributed by atoms with E-state index in [2.05, 4.69) is 5.32 Å². The lowest BCUT2D eigenvalue weighted by Crippen LogP contribution is -2.58. The number of nitrogens with zero attached hydrogens (tertiary/aromatic N) is 2. The minimum absolute atomic E-state index is 0.0652. The summed E-state index contributed by atoms with van der Waals surface area (Å²) in [7, 11) is -4.28. The van der Waals surface area contributed by atoms with Gasteiger partial charge >= 0.3 is 0 Å². The molecule has 188 valence electrons. The van der Waals surface area contributed by atoms with Crippen molar-refractivity contribution in [3.8, 4) is 0 Å². The van der Waals surface area contributed by atoms with Gasteiger partial charge in [-0.15, -0.1) is 11.3 Å². The Labute approximate surface area is 218 Å². The number of carbonyl (C=O) groups is 3. The Morgan fingerprint density at radius 1 is 0.889 bits per heavy atom. The highest BCUT2D eigenvalue weighted by molar-refractivity contribution is 7.92. The Kier molecular flexibility index (Phi) is 8.07. The van der Waals surface area contributed by atoms with E-state index in [1.807, 2.05) is 30.3 Å². The summed E-state index contributed by atoms with van der Waals surface area (Å²) in [5.41, 5.74) is 0.895. The zero-order valence-electron chi connectivity index (χ0n) is 19.2. The maximum Gasteiger partial charge on any atom is 0.262 e. The number of rotatable bonds is 7. The van der Waals surface area contributed by atoms with Crippen LogP contribution in [0.3, 0.4) is 0 Å². The van der Waals surface area contributed by atoms with E-state index in [0.29, 0.717) is 5.02 Å². The van der Waals surface area contributed by atoms with Gasteiger partial charge in [0, 0.05) is 31.2 Å². The highest BCUT2D eigenvalue weighted by atomic mass is 35.5. The summed E-state index contributed by atoms with van der Waals surface area (Å²) in [6, 6.07) is 18.0. The van der Waals surface area contributed by atoms with Crippen molar-refractivity contribution in [1.82, 2.24) is 15.1 Å². The molecule has 36 heavy (non-hydrogen) atoms. The molecule has 0 aliphatic carbocycles. The zero-order chi connectivity index (χ0) is 25.7. The Bertz CT molecular complexity index is 1320. The van der Waals surface area contributed by atoms with Gasteiger partial charge in [-0.05, 0) is 41.3 Å². The quantitative estimate of drug-likeness (QED) is 0.492. The molecule has 2 heterocycles. The van der Waals surface area contributed by atoms with Gasteiger partial charge < -0.3 is 15.1 Å². The number of thiophene rings is 1. The summed E-state index contributed by atoms with van der Waals surface area (Å²) in [5, 5.41) is 2.62. The number of benzene rings is 2. The fraction of sp³-hybridized carbons (Fsp3) is 0.240. The molecule has 2 aromatic carbocycles. The standard InChI is InChI=1S/C25H24ClN3O5S2/c26-19-8-10-20(11-9-19)36(33,34)24(27-23(31)21-7-4-16-35-21)25(32)29-14-12-28(13-15-29)22(30)17-18-5-2-1-3-6-18/h1-11,16,24H,12-15,17H2,(H,27,31). The molecule has 3 amide bonds. The third kappa shape index (κ3) is 5.95. The van der Waals surface area contributed by atoms with Crippen LogP contribution in [0.1, 0.15) is 15.2 Å². The number of halogens is 1. The van der Waals surface area contributed by atoms with Gasteiger partial charge in [-0.1, -0.05) is 48.0 Å². The van der Waals surface area contributed by atoms with Gasteiger partial charge in [-0.2, -0.15) is 0 Å². The molecule has 0 saturated carbocycles. The average Bonchev–Trinajstić information content (AvgIpc) is 3.43. The Balaban J connectivity index is 1.49. The van der Waals surface area contributed by atoms with E-state index in [-0.39, 0.29) is 48.3 Å². The molecule has 1 atom stereocenters. The SMILES string of the molecule is O=C(NC(C(=O)N1CCN(C(=O)Cc2ccccc2)CC1)S(=O)(=O)c1ccc(Cl)cc1)c1cccs1. The van der Waals surface area contributed by atoms with Crippen LogP contribution < -0.4 is 5.32 Å². The van der Waals surface area contributed by atoms with Crippen LogP contribution in [0.4, 0.5) is 0 Å². The van der Waals surface area contributed by atoms with Crippen molar-refractivity contribution >= 4 is 50.5 Å². The molecule has 0 bridgehead atoms. The fourth-order valence-electron chi connectivity index (χ4n) is 3.85. The van der Waals surface area contributed by atoms with Gasteiger partial charge in [0.15, 0.2) is 0 Å². The van der Waals surface area contributed by atoms with Crippen LogP contribution in [0.5, 0.6) is 0 Å². The molecule has 0 radical (unpaired) electrons. The molecule has 1 saturated heterocycles. The van der Waals surface area contributed by atoms with Crippen LogP contribution in [0, 0.1) is 0 Å². The van der Waals surface area contributed by atoms with E-state index < -0.39 is 27.0 Å². The zero-order valence-corrected chi connectivity index (χ0v) is 21.6. The van der Waals surface area contributed by atoms with Crippen LogP contribution in [0.15, 0.2) is 77.0 Å². The van der Waals surface area contributed by atoms with Crippen LogP contribution in [-0.4, -0.2) is 67.5 Å². The third-order valence-electron chi connectivity index (χ3n) is 5.83. The largest absolute Gasteiger partial charge is 0.339 e. The summed E-state index contributed by atoms with van der Waals surface area (Å²) in [4.78, 5) is 42.1. The van der Waals surface area contributed by atoms with E-state index in [0.717, 1.165) is 16.9 Å². The summed E-state index contributed by atoms with van der Waals surface area (Å²) in [5.74, 6) is -1.47. The smallest absolute Gasteiger partial charge is 0.262 e. The first kappa shape index (κ1) is 25.9. The van der Waals surface area contributed by atoms with E-state index in [9.17, 15) is 22.8 Å². The van der Waals surface area contributed by atoms with E-state index in [4.69, 9.17) is 11.6 Å². The van der Waals surface area contributed by atoms with Gasteiger partial charge in [-0.3, -0.25) is 14.4 Å². The summed E-state index contributed by atoms with van der Waals surface area (Å²) < 4.78 is 26.9. The monoisotopic (exact) mass is 545 g/mol. The summed E-state index contributed by atoms with van der Waals surface area (Å²) in [6.45, 7) is 0.843. The number of hydrogen-bond donors (Lipinski definition) is 1. The van der Waals surface area contributed by atoms with Gasteiger partial charge in [0.25, 0.3) is 11.8 Å². The lowest BCUT2D eigenvalue weighted by atomic mass is 10.1. The van der Waals surface area contributed by atoms with Gasteiger partial charge in [0.05, 0.1) is 16.2 Å². The van der Waals surface area contributed by atoms with Crippen molar-refractivity contribution in [3.63, 3.8) is 0 Å². The third-order valence-corrected chi connectivity index (χ3v) is 8.82. The topological polar surface area (TPSA) is 104 Å². The first-order valence-corrected chi connectivity index (χ1v) is 14.0. The summed E-state index contributed by atoms with van der Waals surface area (Å²) >= 11 is 7.04. The molecule has 4 rings (SSSR count). The number of amides is 3. The second kappa shape index (κ2) is 11.2. The first-order chi connectivity index (χ1) is 17.3. The molecule has 11 heteroatoms. The molecule has 1 aliphatic heterocycles. The van der Waals surface area contributed by atoms with E-state index in [1.54, 1.807) is 22.4 Å². The van der Waals surface area contributed by atoms with Crippen LogP contribution >= 0.6 is 22.9 Å². The Morgan fingerprint density at radius 3 is 2.14 bits per heavy atom. The van der Waals surface area contributed by atoms with Crippen molar-refractivity contribution in [2.45, 2.75) is 16.7 Å². The van der Waals surface area contributed by atoms with E-state index in [1.165, 1.54) is 29.2 Å². The molecular formula is C25H24ClN3O5S2. The van der Waals surface area contributed by atoms with Crippen molar-refractivity contribution < 1.29 is 22.8 Å². The van der Waals surface area contributed by atoms with Crippen LogP contribution in [0.2, 0.25) is 5.02 Å². The lowest BCUT2D eigenvalue weighted by molar-refractivity contribution is -0.139. The number of carbonyl (C=O) groups excluding carboxylic acids is 3. The maximum absolute atomic E-state index is 13.5. The number of piperazine rings is 1. The molecule has 3 aromatic rings. The van der Waals surface area contributed by atoms with Gasteiger partial charge in [-0.25, -0.2) is 8.42 Å².